The SMILES string of the molecule is CN(CCNC1CC(c2ccc(Br)cc2)C1)C1CC1. The fourth-order valence-electron chi connectivity index (χ4n) is 2.93. The summed E-state index contributed by atoms with van der Waals surface area (Å²) in [5.74, 6) is 0.770. The van der Waals surface area contributed by atoms with Gasteiger partial charge in [0.05, 0.1) is 0 Å². The zero-order valence-electron chi connectivity index (χ0n) is 11.6. The predicted molar refractivity (Wildman–Crippen MR) is 83.6 cm³/mol. The molecule has 3 heteroatoms. The van der Waals surface area contributed by atoms with Gasteiger partial charge >= 0.3 is 0 Å². The Morgan fingerprint density at radius 2 is 1.89 bits per heavy atom. The number of nitrogens with one attached hydrogen (secondary N) is 1. The van der Waals surface area contributed by atoms with Crippen LogP contribution in [0.25, 0.3) is 0 Å². The molecule has 0 aromatic heterocycles. The lowest BCUT2D eigenvalue weighted by Gasteiger charge is -2.37. The molecule has 0 radical (unpaired) electrons. The van der Waals surface area contributed by atoms with Crippen molar-refractivity contribution in [2.75, 3.05) is 20.1 Å². The van der Waals surface area contributed by atoms with Crippen LogP contribution in [0.15, 0.2) is 28.7 Å². The first-order chi connectivity index (χ1) is 9.22. The molecule has 2 fully saturated rings. The van der Waals surface area contributed by atoms with Gasteiger partial charge < -0.3 is 10.2 Å². The molecule has 2 aliphatic rings. The van der Waals surface area contributed by atoms with Gasteiger partial charge in [0.25, 0.3) is 0 Å². The van der Waals surface area contributed by atoms with Crippen molar-refractivity contribution in [3.05, 3.63) is 34.3 Å². The van der Waals surface area contributed by atoms with Crippen molar-refractivity contribution < 1.29 is 0 Å². The van der Waals surface area contributed by atoms with E-state index >= 15 is 0 Å². The van der Waals surface area contributed by atoms with E-state index in [1.807, 2.05) is 0 Å². The highest BCUT2D eigenvalue weighted by Crippen LogP contribution is 2.37. The molecule has 0 amide bonds. The fraction of sp³-hybridized carbons (Fsp3) is 0.625. The molecule has 0 saturated heterocycles. The summed E-state index contributed by atoms with van der Waals surface area (Å²) in [6, 6.07) is 10.4. The normalized spacial score (nSPS) is 26.5. The Kier molecular flexibility index (Phi) is 4.25. The average molecular weight is 323 g/mol. The van der Waals surface area contributed by atoms with E-state index in [1.54, 1.807) is 0 Å². The maximum absolute atomic E-state index is 3.69. The molecule has 2 nitrogen and oxygen atoms in total. The van der Waals surface area contributed by atoms with E-state index in [-0.39, 0.29) is 0 Å². The molecule has 1 aromatic rings. The van der Waals surface area contributed by atoms with Gasteiger partial charge in [-0.15, -0.1) is 0 Å². The molecular formula is C16H23BrN2. The van der Waals surface area contributed by atoms with Gasteiger partial charge in [0.1, 0.15) is 0 Å². The Morgan fingerprint density at radius 3 is 2.53 bits per heavy atom. The van der Waals surface area contributed by atoms with Crippen LogP contribution in [-0.4, -0.2) is 37.1 Å². The van der Waals surface area contributed by atoms with Crippen LogP contribution in [0.4, 0.5) is 0 Å². The van der Waals surface area contributed by atoms with Crippen molar-refractivity contribution in [2.24, 2.45) is 0 Å². The third-order valence-corrected chi connectivity index (χ3v) is 5.08. The second kappa shape index (κ2) is 5.94. The molecule has 1 N–H and O–H groups in total. The summed E-state index contributed by atoms with van der Waals surface area (Å²) in [4.78, 5) is 2.50. The molecule has 0 aliphatic heterocycles. The van der Waals surface area contributed by atoms with Gasteiger partial charge in [-0.1, -0.05) is 28.1 Å². The minimum atomic E-state index is 0.737. The Hall–Kier alpha value is -0.380. The summed E-state index contributed by atoms with van der Waals surface area (Å²) >= 11 is 3.49. The van der Waals surface area contributed by atoms with Gasteiger partial charge in [0, 0.05) is 29.6 Å². The third-order valence-electron chi connectivity index (χ3n) is 4.55. The van der Waals surface area contributed by atoms with Crippen LogP contribution < -0.4 is 5.32 Å². The van der Waals surface area contributed by atoms with Crippen molar-refractivity contribution >= 4 is 15.9 Å². The first-order valence-electron chi connectivity index (χ1n) is 7.41. The van der Waals surface area contributed by atoms with E-state index in [9.17, 15) is 0 Å². The van der Waals surface area contributed by atoms with Crippen molar-refractivity contribution in [1.29, 1.82) is 0 Å². The zero-order valence-corrected chi connectivity index (χ0v) is 13.2. The Morgan fingerprint density at radius 1 is 1.21 bits per heavy atom. The molecule has 0 bridgehead atoms. The van der Waals surface area contributed by atoms with Crippen LogP contribution in [0.5, 0.6) is 0 Å². The van der Waals surface area contributed by atoms with Gasteiger partial charge in [0.2, 0.25) is 0 Å². The molecule has 1 aromatic carbocycles. The number of benzene rings is 1. The quantitative estimate of drug-likeness (QED) is 0.863. The Labute approximate surface area is 124 Å². The Bertz CT molecular complexity index is 407. The van der Waals surface area contributed by atoms with Crippen LogP contribution in [0.2, 0.25) is 0 Å². The van der Waals surface area contributed by atoms with Gasteiger partial charge in [-0.3, -0.25) is 0 Å². The number of hydrogen-bond acceptors (Lipinski definition) is 2. The molecule has 0 unspecified atom stereocenters. The average Bonchev–Trinajstić information content (AvgIpc) is 3.17. The van der Waals surface area contributed by atoms with Crippen molar-refractivity contribution in [3.63, 3.8) is 0 Å². The first kappa shape index (κ1) is 13.6. The van der Waals surface area contributed by atoms with Crippen LogP contribution in [-0.2, 0) is 0 Å². The van der Waals surface area contributed by atoms with E-state index in [1.165, 1.54) is 42.3 Å². The van der Waals surface area contributed by atoms with Crippen molar-refractivity contribution in [2.45, 2.75) is 43.7 Å². The van der Waals surface area contributed by atoms with Gasteiger partial charge in [-0.05, 0) is 56.3 Å². The number of rotatable bonds is 6. The zero-order chi connectivity index (χ0) is 13.2. The van der Waals surface area contributed by atoms with Gasteiger partial charge in [-0.2, -0.15) is 0 Å². The van der Waals surface area contributed by atoms with E-state index in [4.69, 9.17) is 0 Å². The lowest BCUT2D eigenvalue weighted by atomic mass is 9.76. The second-order valence-electron chi connectivity index (χ2n) is 6.08. The minimum Gasteiger partial charge on any atom is -0.313 e. The maximum atomic E-state index is 3.69. The number of nitrogens with zero attached hydrogens (tertiary/aromatic N) is 1. The first-order valence-corrected chi connectivity index (χ1v) is 8.21. The second-order valence-corrected chi connectivity index (χ2v) is 7.00. The smallest absolute Gasteiger partial charge is 0.0175 e. The monoisotopic (exact) mass is 322 g/mol. The van der Waals surface area contributed by atoms with E-state index < -0.39 is 0 Å². The fourth-order valence-corrected chi connectivity index (χ4v) is 3.20. The summed E-state index contributed by atoms with van der Waals surface area (Å²) in [6.45, 7) is 2.34. The summed E-state index contributed by atoms with van der Waals surface area (Å²) in [6.07, 6.45) is 5.42. The number of likely N-dealkylation sites (N-methyl/N-ethyl adjacent to an activating group) is 1. The predicted octanol–water partition coefficient (Wildman–Crippen LogP) is 3.38. The lowest BCUT2D eigenvalue weighted by Crippen LogP contribution is -2.43. The molecule has 0 heterocycles. The largest absolute Gasteiger partial charge is 0.313 e. The van der Waals surface area contributed by atoms with Crippen LogP contribution in [0, 0.1) is 0 Å². The molecule has 19 heavy (non-hydrogen) atoms. The highest BCUT2D eigenvalue weighted by atomic mass is 79.9. The summed E-state index contributed by atoms with van der Waals surface area (Å²) < 4.78 is 1.17. The molecule has 104 valence electrons. The van der Waals surface area contributed by atoms with E-state index in [2.05, 4.69) is 57.5 Å². The van der Waals surface area contributed by atoms with Crippen molar-refractivity contribution in [3.8, 4) is 0 Å². The Balaban J connectivity index is 1.34. The van der Waals surface area contributed by atoms with Gasteiger partial charge in [0.15, 0.2) is 0 Å². The molecule has 2 saturated carbocycles. The van der Waals surface area contributed by atoms with Crippen LogP contribution in [0.1, 0.15) is 37.2 Å². The number of halogens is 1. The maximum Gasteiger partial charge on any atom is 0.0175 e. The number of hydrogen-bond donors (Lipinski definition) is 1. The standard InChI is InChI=1S/C16H23BrN2/c1-19(16-6-7-16)9-8-18-15-10-13(11-15)12-2-4-14(17)5-3-12/h2-5,13,15-16,18H,6-11H2,1H3. The molecule has 3 rings (SSSR count). The third kappa shape index (κ3) is 3.59. The molecular weight excluding hydrogens is 300 g/mol. The molecule has 0 atom stereocenters. The summed E-state index contributed by atoms with van der Waals surface area (Å²) in [7, 11) is 2.25. The van der Waals surface area contributed by atoms with E-state index in [0.717, 1.165) is 24.5 Å². The van der Waals surface area contributed by atoms with Gasteiger partial charge in [-0.25, -0.2) is 0 Å². The highest BCUT2D eigenvalue weighted by Gasteiger charge is 2.30. The van der Waals surface area contributed by atoms with Crippen molar-refractivity contribution in [1.82, 2.24) is 10.2 Å². The van der Waals surface area contributed by atoms with Crippen LogP contribution >= 0.6 is 15.9 Å². The molecule has 2 aliphatic carbocycles. The topological polar surface area (TPSA) is 15.3 Å². The minimum absolute atomic E-state index is 0.737. The molecule has 0 spiro atoms. The highest BCUT2D eigenvalue weighted by molar-refractivity contribution is 9.10. The van der Waals surface area contributed by atoms with E-state index in [0.29, 0.717) is 0 Å². The van der Waals surface area contributed by atoms with Crippen LogP contribution in [0.3, 0.4) is 0 Å². The lowest BCUT2D eigenvalue weighted by molar-refractivity contribution is 0.262. The summed E-state index contributed by atoms with van der Waals surface area (Å²) in [5, 5.41) is 3.69. The summed E-state index contributed by atoms with van der Waals surface area (Å²) in [5.41, 5.74) is 1.50.